The average Bonchev–Trinajstić information content (AvgIpc) is 3.03. The van der Waals surface area contributed by atoms with E-state index in [9.17, 15) is 0 Å². The van der Waals surface area contributed by atoms with Crippen LogP contribution in [0.4, 0.5) is 0 Å². The van der Waals surface area contributed by atoms with E-state index in [1.807, 2.05) is 6.33 Å². The highest BCUT2D eigenvalue weighted by atomic mass is 16.5. The van der Waals surface area contributed by atoms with Gasteiger partial charge in [0.15, 0.2) is 0 Å². The smallest absolute Gasteiger partial charge is 0.0949 e. The van der Waals surface area contributed by atoms with E-state index in [1.165, 1.54) is 32.1 Å². The Morgan fingerprint density at radius 1 is 1.44 bits per heavy atom. The number of hydrogen-bond donors (Lipinski definition) is 1. The van der Waals surface area contributed by atoms with Gasteiger partial charge in [0.2, 0.25) is 0 Å². The molecule has 2 rings (SSSR count). The van der Waals surface area contributed by atoms with E-state index in [2.05, 4.69) is 21.1 Å². The molecule has 1 N–H and O–H groups in total. The van der Waals surface area contributed by atoms with Crippen LogP contribution >= 0.6 is 0 Å². The van der Waals surface area contributed by atoms with E-state index in [0.29, 0.717) is 0 Å². The Bertz CT molecular complexity index is 332. The summed E-state index contributed by atoms with van der Waals surface area (Å²) in [5, 5.41) is 3.31. The van der Waals surface area contributed by atoms with Crippen LogP contribution in [-0.4, -0.2) is 29.8 Å². The van der Waals surface area contributed by atoms with Gasteiger partial charge in [-0.1, -0.05) is 25.7 Å². The Hall–Kier alpha value is -0.870. The zero-order chi connectivity index (χ0) is 12.6. The number of hydrogen-bond acceptors (Lipinski definition) is 3. The van der Waals surface area contributed by atoms with Crippen LogP contribution < -0.4 is 5.32 Å². The minimum absolute atomic E-state index is 0.752. The lowest BCUT2D eigenvalue weighted by Gasteiger charge is -2.08. The average molecular weight is 251 g/mol. The molecule has 0 bridgehead atoms. The molecule has 102 valence electrons. The van der Waals surface area contributed by atoms with Crippen molar-refractivity contribution >= 4 is 0 Å². The van der Waals surface area contributed by atoms with E-state index in [0.717, 1.165) is 37.9 Å². The summed E-state index contributed by atoms with van der Waals surface area (Å²) in [4.78, 5) is 4.42. The van der Waals surface area contributed by atoms with Crippen LogP contribution in [0.1, 0.15) is 37.8 Å². The summed E-state index contributed by atoms with van der Waals surface area (Å²) in [5.74, 6) is 0.954. The van der Waals surface area contributed by atoms with Crippen molar-refractivity contribution in [2.75, 3.05) is 20.3 Å². The maximum absolute atomic E-state index is 4.99. The van der Waals surface area contributed by atoms with Gasteiger partial charge in [0.1, 0.15) is 0 Å². The zero-order valence-corrected chi connectivity index (χ0v) is 11.4. The third-order valence-corrected chi connectivity index (χ3v) is 3.75. The predicted octanol–water partition coefficient (Wildman–Crippen LogP) is 2.20. The summed E-state index contributed by atoms with van der Waals surface area (Å²) in [6.45, 7) is 3.59. The molecule has 4 heteroatoms. The van der Waals surface area contributed by atoms with Crippen molar-refractivity contribution in [3.8, 4) is 0 Å². The van der Waals surface area contributed by atoms with Crippen LogP contribution in [0.25, 0.3) is 0 Å². The number of aryl methyl sites for hydroxylation is 1. The number of nitrogens with one attached hydrogen (secondary N) is 1. The van der Waals surface area contributed by atoms with Crippen molar-refractivity contribution in [1.82, 2.24) is 14.9 Å². The predicted molar refractivity (Wildman–Crippen MR) is 72.4 cm³/mol. The van der Waals surface area contributed by atoms with E-state index in [-0.39, 0.29) is 0 Å². The van der Waals surface area contributed by atoms with Gasteiger partial charge in [0.25, 0.3) is 0 Å². The third-order valence-electron chi connectivity index (χ3n) is 3.75. The highest BCUT2D eigenvalue weighted by Crippen LogP contribution is 2.27. The molecule has 1 aromatic rings. The molecule has 1 aromatic heterocycles. The number of ether oxygens (including phenoxy) is 1. The van der Waals surface area contributed by atoms with Gasteiger partial charge in [-0.3, -0.25) is 0 Å². The SMILES string of the molecule is COCCNCc1cn(CCC2CCCC2)cn1. The van der Waals surface area contributed by atoms with Gasteiger partial charge in [-0.25, -0.2) is 4.98 Å². The Kier molecular flexibility index (Phi) is 5.68. The third kappa shape index (κ3) is 4.42. The first-order valence-corrected chi connectivity index (χ1v) is 7.09. The molecule has 1 aliphatic carbocycles. The highest BCUT2D eigenvalue weighted by Gasteiger charge is 2.14. The molecule has 1 saturated carbocycles. The van der Waals surface area contributed by atoms with E-state index in [4.69, 9.17) is 4.74 Å². The first-order valence-electron chi connectivity index (χ1n) is 7.09. The summed E-state index contributed by atoms with van der Waals surface area (Å²) < 4.78 is 7.22. The van der Waals surface area contributed by atoms with Crippen molar-refractivity contribution in [1.29, 1.82) is 0 Å². The molecular weight excluding hydrogens is 226 g/mol. The van der Waals surface area contributed by atoms with Gasteiger partial charge in [-0.2, -0.15) is 0 Å². The Morgan fingerprint density at radius 3 is 3.06 bits per heavy atom. The molecule has 4 nitrogen and oxygen atoms in total. The molecule has 1 aliphatic rings. The minimum atomic E-state index is 0.752. The van der Waals surface area contributed by atoms with Gasteiger partial charge in [0, 0.05) is 32.9 Å². The molecule has 0 aliphatic heterocycles. The molecule has 0 unspecified atom stereocenters. The first kappa shape index (κ1) is 13.6. The van der Waals surface area contributed by atoms with Gasteiger partial charge in [-0.15, -0.1) is 0 Å². The number of rotatable bonds is 8. The monoisotopic (exact) mass is 251 g/mol. The zero-order valence-electron chi connectivity index (χ0n) is 11.4. The molecule has 0 spiro atoms. The van der Waals surface area contributed by atoms with Crippen molar-refractivity contribution in [2.45, 2.75) is 45.2 Å². The normalized spacial score (nSPS) is 16.5. The van der Waals surface area contributed by atoms with Crippen LogP contribution in [0, 0.1) is 5.92 Å². The Balaban J connectivity index is 1.65. The molecule has 0 amide bonds. The van der Waals surface area contributed by atoms with Crippen molar-refractivity contribution in [2.24, 2.45) is 5.92 Å². The lowest BCUT2D eigenvalue weighted by Crippen LogP contribution is -2.18. The number of imidazole rings is 1. The quantitative estimate of drug-likeness (QED) is 0.720. The van der Waals surface area contributed by atoms with Gasteiger partial charge in [0.05, 0.1) is 18.6 Å². The van der Waals surface area contributed by atoms with Crippen LogP contribution in [0.2, 0.25) is 0 Å². The highest BCUT2D eigenvalue weighted by molar-refractivity contribution is 4.96. The van der Waals surface area contributed by atoms with Crippen LogP contribution in [-0.2, 0) is 17.8 Å². The van der Waals surface area contributed by atoms with Crippen molar-refractivity contribution in [3.63, 3.8) is 0 Å². The van der Waals surface area contributed by atoms with Gasteiger partial charge < -0.3 is 14.6 Å². The van der Waals surface area contributed by atoms with E-state index in [1.54, 1.807) is 7.11 Å². The molecule has 18 heavy (non-hydrogen) atoms. The molecular formula is C14H25N3O. The van der Waals surface area contributed by atoms with Crippen molar-refractivity contribution in [3.05, 3.63) is 18.2 Å². The summed E-state index contributed by atoms with van der Waals surface area (Å²) in [7, 11) is 1.72. The summed E-state index contributed by atoms with van der Waals surface area (Å²) in [6, 6.07) is 0. The fourth-order valence-electron chi connectivity index (χ4n) is 2.64. The molecule has 1 fully saturated rings. The topological polar surface area (TPSA) is 39.1 Å². The van der Waals surface area contributed by atoms with Crippen LogP contribution in [0.3, 0.4) is 0 Å². The van der Waals surface area contributed by atoms with E-state index < -0.39 is 0 Å². The molecule has 0 radical (unpaired) electrons. The fraction of sp³-hybridized carbons (Fsp3) is 0.786. The number of nitrogens with zero attached hydrogens (tertiary/aromatic N) is 2. The lowest BCUT2D eigenvalue weighted by molar-refractivity contribution is 0.199. The molecule has 0 aromatic carbocycles. The van der Waals surface area contributed by atoms with Crippen molar-refractivity contribution < 1.29 is 4.74 Å². The number of methoxy groups -OCH3 is 1. The Morgan fingerprint density at radius 2 is 2.28 bits per heavy atom. The number of aromatic nitrogens is 2. The van der Waals surface area contributed by atoms with E-state index >= 15 is 0 Å². The second kappa shape index (κ2) is 7.54. The summed E-state index contributed by atoms with van der Waals surface area (Å²) in [5.41, 5.74) is 1.12. The Labute approximate surface area is 110 Å². The largest absolute Gasteiger partial charge is 0.383 e. The first-order chi connectivity index (χ1) is 8.88. The maximum atomic E-state index is 4.99. The minimum Gasteiger partial charge on any atom is -0.383 e. The maximum Gasteiger partial charge on any atom is 0.0949 e. The van der Waals surface area contributed by atoms with Gasteiger partial charge >= 0.3 is 0 Å². The lowest BCUT2D eigenvalue weighted by atomic mass is 10.0. The summed E-state index contributed by atoms with van der Waals surface area (Å²) in [6.07, 6.45) is 11.2. The summed E-state index contributed by atoms with van der Waals surface area (Å²) >= 11 is 0. The second-order valence-electron chi connectivity index (χ2n) is 5.21. The van der Waals surface area contributed by atoms with Gasteiger partial charge in [-0.05, 0) is 12.3 Å². The van der Waals surface area contributed by atoms with Crippen LogP contribution in [0.15, 0.2) is 12.5 Å². The van der Waals surface area contributed by atoms with Crippen LogP contribution in [0.5, 0.6) is 0 Å². The standard InChI is InChI=1S/C14H25N3O/c1-18-9-7-15-10-14-11-17(12-16-14)8-6-13-4-2-3-5-13/h11-13,15H,2-10H2,1H3. The molecule has 0 saturated heterocycles. The second-order valence-corrected chi connectivity index (χ2v) is 5.21. The molecule has 1 heterocycles. The molecule has 0 atom stereocenters. The fourth-order valence-corrected chi connectivity index (χ4v) is 2.64.